The van der Waals surface area contributed by atoms with Crippen LogP contribution in [-0.4, -0.2) is 15.1 Å². The van der Waals surface area contributed by atoms with Crippen molar-refractivity contribution >= 4 is 34.0 Å². The van der Waals surface area contributed by atoms with Crippen LogP contribution in [0.15, 0.2) is 53.3 Å². The van der Waals surface area contributed by atoms with Crippen molar-refractivity contribution in [3.63, 3.8) is 0 Å². The Morgan fingerprint density at radius 1 is 1.18 bits per heavy atom. The molecule has 0 saturated carbocycles. The Labute approximate surface area is 131 Å². The smallest absolute Gasteiger partial charge is 0.274 e. The first-order valence-corrected chi connectivity index (χ1v) is 7.09. The second-order valence-electron chi connectivity index (χ2n) is 4.92. The summed E-state index contributed by atoms with van der Waals surface area (Å²) in [5.74, 6) is 0.0342. The monoisotopic (exact) mass is 312 g/mol. The SMILES string of the molecule is C/C(=C(/O)c1ccccc1)c1nc2ccc(Cl)cc2[nH]c1=O. The molecule has 0 bridgehead atoms. The summed E-state index contributed by atoms with van der Waals surface area (Å²) in [6.07, 6.45) is 0. The molecule has 2 aromatic carbocycles. The van der Waals surface area contributed by atoms with Gasteiger partial charge in [0.25, 0.3) is 5.56 Å². The van der Waals surface area contributed by atoms with Crippen LogP contribution in [0.3, 0.4) is 0 Å². The number of H-pyrrole nitrogens is 1. The molecule has 0 aliphatic heterocycles. The minimum Gasteiger partial charge on any atom is -0.507 e. The van der Waals surface area contributed by atoms with E-state index in [9.17, 15) is 9.90 Å². The second kappa shape index (κ2) is 5.66. The minimum absolute atomic E-state index is 0.0342. The fourth-order valence-electron chi connectivity index (χ4n) is 2.24. The van der Waals surface area contributed by atoms with Gasteiger partial charge in [-0.1, -0.05) is 41.9 Å². The van der Waals surface area contributed by atoms with Gasteiger partial charge in [-0.3, -0.25) is 4.79 Å². The van der Waals surface area contributed by atoms with Crippen molar-refractivity contribution in [2.24, 2.45) is 0 Å². The van der Waals surface area contributed by atoms with Crippen molar-refractivity contribution < 1.29 is 5.11 Å². The fraction of sp³-hybridized carbons (Fsp3) is 0.0588. The highest BCUT2D eigenvalue weighted by Gasteiger charge is 2.12. The fourth-order valence-corrected chi connectivity index (χ4v) is 2.41. The van der Waals surface area contributed by atoms with Crippen LogP contribution in [0.1, 0.15) is 18.2 Å². The number of nitrogens with zero attached hydrogens (tertiary/aromatic N) is 1. The highest BCUT2D eigenvalue weighted by atomic mass is 35.5. The Bertz CT molecular complexity index is 930. The molecule has 0 aliphatic rings. The van der Waals surface area contributed by atoms with Gasteiger partial charge in [0.05, 0.1) is 11.0 Å². The Balaban J connectivity index is 2.19. The first-order chi connectivity index (χ1) is 10.6. The summed E-state index contributed by atoms with van der Waals surface area (Å²) in [6, 6.07) is 14.1. The molecule has 110 valence electrons. The van der Waals surface area contributed by atoms with Crippen LogP contribution in [0.5, 0.6) is 0 Å². The van der Waals surface area contributed by atoms with Gasteiger partial charge in [0, 0.05) is 16.2 Å². The largest absolute Gasteiger partial charge is 0.507 e. The molecule has 1 heterocycles. The lowest BCUT2D eigenvalue weighted by Gasteiger charge is -2.07. The van der Waals surface area contributed by atoms with E-state index in [1.807, 2.05) is 18.2 Å². The normalized spacial score (nSPS) is 12.3. The van der Waals surface area contributed by atoms with Gasteiger partial charge in [0.1, 0.15) is 11.5 Å². The maximum atomic E-state index is 12.2. The molecule has 4 nitrogen and oxygen atoms in total. The number of hydrogen-bond acceptors (Lipinski definition) is 3. The molecule has 0 amide bonds. The number of aliphatic hydroxyl groups is 1. The lowest BCUT2D eigenvalue weighted by atomic mass is 10.1. The molecule has 0 aliphatic carbocycles. The van der Waals surface area contributed by atoms with Crippen molar-refractivity contribution in [2.75, 3.05) is 0 Å². The summed E-state index contributed by atoms with van der Waals surface area (Å²) in [5.41, 5.74) is 2.06. The standard InChI is InChI=1S/C17H13ClN2O2/c1-10(16(21)11-5-3-2-4-6-11)15-17(22)20-14-9-12(18)7-8-13(14)19-15/h2-9,21H,1H3,(H,20,22)/b16-10-. The molecular formula is C17H13ClN2O2. The first-order valence-electron chi connectivity index (χ1n) is 6.71. The Kier molecular flexibility index (Phi) is 3.69. The Morgan fingerprint density at radius 2 is 1.91 bits per heavy atom. The van der Waals surface area contributed by atoms with Gasteiger partial charge in [-0.25, -0.2) is 4.98 Å². The van der Waals surface area contributed by atoms with Crippen molar-refractivity contribution in [3.8, 4) is 0 Å². The Morgan fingerprint density at radius 3 is 2.64 bits per heavy atom. The van der Waals surface area contributed by atoms with Gasteiger partial charge < -0.3 is 10.1 Å². The number of nitrogens with one attached hydrogen (secondary N) is 1. The second-order valence-corrected chi connectivity index (χ2v) is 5.35. The average Bonchev–Trinajstić information content (AvgIpc) is 2.53. The topological polar surface area (TPSA) is 66.0 Å². The number of aliphatic hydroxyl groups excluding tert-OH is 1. The molecule has 5 heteroatoms. The highest BCUT2D eigenvalue weighted by Crippen LogP contribution is 2.22. The number of aromatic amines is 1. The lowest BCUT2D eigenvalue weighted by Crippen LogP contribution is -2.14. The third-order valence-corrected chi connectivity index (χ3v) is 3.65. The minimum atomic E-state index is -0.366. The zero-order valence-electron chi connectivity index (χ0n) is 11.8. The van der Waals surface area contributed by atoms with Crippen molar-refractivity contribution in [1.82, 2.24) is 9.97 Å². The molecule has 0 fully saturated rings. The van der Waals surface area contributed by atoms with Gasteiger partial charge in [0.2, 0.25) is 0 Å². The van der Waals surface area contributed by atoms with Gasteiger partial charge in [-0.15, -0.1) is 0 Å². The summed E-state index contributed by atoms with van der Waals surface area (Å²) in [6.45, 7) is 1.67. The van der Waals surface area contributed by atoms with E-state index in [1.165, 1.54) is 0 Å². The molecule has 1 aromatic heterocycles. The van der Waals surface area contributed by atoms with E-state index in [0.717, 1.165) is 0 Å². The van der Waals surface area contributed by atoms with E-state index in [4.69, 9.17) is 11.6 Å². The third kappa shape index (κ3) is 2.61. The maximum Gasteiger partial charge on any atom is 0.274 e. The van der Waals surface area contributed by atoms with E-state index in [2.05, 4.69) is 9.97 Å². The van der Waals surface area contributed by atoms with E-state index in [0.29, 0.717) is 27.2 Å². The molecule has 0 radical (unpaired) electrons. The van der Waals surface area contributed by atoms with Crippen molar-refractivity contribution in [2.45, 2.75) is 6.92 Å². The number of rotatable bonds is 2. The predicted octanol–water partition coefficient (Wildman–Crippen LogP) is 4.02. The summed E-state index contributed by atoms with van der Waals surface area (Å²) in [7, 11) is 0. The van der Waals surface area contributed by atoms with Crippen LogP contribution >= 0.6 is 11.6 Å². The number of allylic oxidation sites excluding steroid dienone is 1. The molecule has 3 aromatic rings. The van der Waals surface area contributed by atoms with Gasteiger partial charge in [-0.05, 0) is 25.1 Å². The quantitative estimate of drug-likeness (QED) is 0.702. The van der Waals surface area contributed by atoms with Crippen LogP contribution in [0.4, 0.5) is 0 Å². The van der Waals surface area contributed by atoms with Crippen LogP contribution in [0, 0.1) is 0 Å². The van der Waals surface area contributed by atoms with Crippen LogP contribution < -0.4 is 5.56 Å². The number of benzene rings is 2. The number of fused-ring (bicyclic) bond motifs is 1. The molecule has 2 N–H and O–H groups in total. The summed E-state index contributed by atoms with van der Waals surface area (Å²) in [5, 5.41) is 10.9. The molecule has 0 saturated heterocycles. The number of halogens is 1. The highest BCUT2D eigenvalue weighted by molar-refractivity contribution is 6.31. The number of aromatic nitrogens is 2. The molecule has 0 atom stereocenters. The van der Waals surface area contributed by atoms with Gasteiger partial charge >= 0.3 is 0 Å². The molecule has 0 spiro atoms. The van der Waals surface area contributed by atoms with Crippen molar-refractivity contribution in [1.29, 1.82) is 0 Å². The average molecular weight is 313 g/mol. The first kappa shape index (κ1) is 14.4. The molecule has 3 rings (SSSR count). The maximum absolute atomic E-state index is 12.2. The van der Waals surface area contributed by atoms with E-state index >= 15 is 0 Å². The van der Waals surface area contributed by atoms with Crippen LogP contribution in [-0.2, 0) is 0 Å². The van der Waals surface area contributed by atoms with E-state index < -0.39 is 0 Å². The zero-order chi connectivity index (χ0) is 15.7. The zero-order valence-corrected chi connectivity index (χ0v) is 12.6. The van der Waals surface area contributed by atoms with Crippen LogP contribution in [0.2, 0.25) is 5.02 Å². The summed E-state index contributed by atoms with van der Waals surface area (Å²) >= 11 is 5.90. The van der Waals surface area contributed by atoms with Gasteiger partial charge in [-0.2, -0.15) is 0 Å². The van der Waals surface area contributed by atoms with Crippen LogP contribution in [0.25, 0.3) is 22.4 Å². The van der Waals surface area contributed by atoms with E-state index in [-0.39, 0.29) is 17.0 Å². The third-order valence-electron chi connectivity index (χ3n) is 3.41. The van der Waals surface area contributed by atoms with E-state index in [1.54, 1.807) is 37.3 Å². The Hall–Kier alpha value is -2.59. The molecule has 0 unspecified atom stereocenters. The van der Waals surface area contributed by atoms with Crippen molar-refractivity contribution in [3.05, 3.63) is 75.2 Å². The predicted molar refractivity (Wildman–Crippen MR) is 88.9 cm³/mol. The molecule has 22 heavy (non-hydrogen) atoms. The summed E-state index contributed by atoms with van der Waals surface area (Å²) in [4.78, 5) is 19.3. The van der Waals surface area contributed by atoms with Gasteiger partial charge in [0.15, 0.2) is 0 Å². The lowest BCUT2D eigenvalue weighted by molar-refractivity contribution is 0.513. The summed E-state index contributed by atoms with van der Waals surface area (Å²) < 4.78 is 0. The molecular weight excluding hydrogens is 300 g/mol. The number of hydrogen-bond donors (Lipinski definition) is 2.